The molecule has 0 aliphatic heterocycles. The molecule has 0 unspecified atom stereocenters. The van der Waals surface area contributed by atoms with E-state index in [1.165, 1.54) is 4.90 Å². The number of halogens is 1. The molecule has 25 heavy (non-hydrogen) atoms. The Hall–Kier alpha value is -1.85. The molecule has 134 valence electrons. The highest BCUT2D eigenvalue weighted by molar-refractivity contribution is 7.92. The van der Waals surface area contributed by atoms with Gasteiger partial charge >= 0.3 is 0 Å². The molecule has 0 atom stereocenters. The van der Waals surface area contributed by atoms with Crippen LogP contribution in [-0.4, -0.2) is 37.8 Å². The van der Waals surface area contributed by atoms with Crippen molar-refractivity contribution in [2.75, 3.05) is 18.6 Å². The van der Waals surface area contributed by atoms with Gasteiger partial charge in [-0.05, 0) is 30.0 Å². The second kappa shape index (κ2) is 9.02. The van der Waals surface area contributed by atoms with E-state index in [4.69, 9.17) is 11.6 Å². The van der Waals surface area contributed by atoms with Crippen LogP contribution in [0.5, 0.6) is 0 Å². The van der Waals surface area contributed by atoms with Crippen LogP contribution in [0.25, 0.3) is 0 Å². The zero-order valence-corrected chi connectivity index (χ0v) is 15.8. The Morgan fingerprint density at radius 2 is 1.68 bits per heavy atom. The summed E-state index contributed by atoms with van der Waals surface area (Å²) < 4.78 is 24.4. The minimum atomic E-state index is -3.42. The average Bonchev–Trinajstić information content (AvgIpc) is 2.57. The molecule has 0 N–H and O–H groups in total. The molecular formula is C19H22ClNO3S. The predicted octanol–water partition coefficient (Wildman–Crippen LogP) is 3.35. The van der Waals surface area contributed by atoms with Crippen molar-refractivity contribution >= 4 is 27.3 Å². The Morgan fingerprint density at radius 3 is 2.36 bits per heavy atom. The number of nitrogens with zero attached hydrogens (tertiary/aromatic N) is 1. The first kappa shape index (κ1) is 19.5. The van der Waals surface area contributed by atoms with E-state index in [9.17, 15) is 13.2 Å². The van der Waals surface area contributed by atoms with Crippen molar-refractivity contribution < 1.29 is 13.2 Å². The lowest BCUT2D eigenvalue weighted by Crippen LogP contribution is -2.33. The summed E-state index contributed by atoms with van der Waals surface area (Å²) in [5, 5.41) is 0.563. The number of hydrogen-bond donors (Lipinski definition) is 0. The fourth-order valence-corrected chi connectivity index (χ4v) is 4.00. The topological polar surface area (TPSA) is 54.5 Å². The Labute approximate surface area is 154 Å². The number of carbonyl (C=O) groups is 1. The first-order valence-corrected chi connectivity index (χ1v) is 10.3. The lowest BCUT2D eigenvalue weighted by molar-refractivity contribution is -0.127. The highest BCUT2D eigenvalue weighted by Crippen LogP contribution is 2.16. The average molecular weight is 380 g/mol. The van der Waals surface area contributed by atoms with Gasteiger partial charge in [0, 0.05) is 18.6 Å². The standard InChI is InChI=1S/C19H22ClNO3S/c1-21(14-17-11-5-6-12-18(17)20)19(22)15-25(23,24)13-7-10-16-8-3-2-4-9-16/h2-6,8-9,11-12H,7,10,13-15H2,1H3. The third-order valence-corrected chi connectivity index (χ3v) is 5.86. The van der Waals surface area contributed by atoms with Crippen molar-refractivity contribution in [1.29, 1.82) is 0 Å². The van der Waals surface area contributed by atoms with E-state index < -0.39 is 21.5 Å². The van der Waals surface area contributed by atoms with Gasteiger partial charge in [0.05, 0.1) is 5.75 Å². The van der Waals surface area contributed by atoms with Crippen LogP contribution >= 0.6 is 11.6 Å². The van der Waals surface area contributed by atoms with Crippen LogP contribution < -0.4 is 0 Å². The number of carbonyl (C=O) groups excluding carboxylic acids is 1. The Balaban J connectivity index is 1.84. The number of hydrogen-bond acceptors (Lipinski definition) is 3. The van der Waals surface area contributed by atoms with Crippen LogP contribution in [0.3, 0.4) is 0 Å². The van der Waals surface area contributed by atoms with Gasteiger partial charge in [0.25, 0.3) is 0 Å². The van der Waals surface area contributed by atoms with Crippen LogP contribution in [0.15, 0.2) is 54.6 Å². The quantitative estimate of drug-likeness (QED) is 0.706. The van der Waals surface area contributed by atoms with Crippen molar-refractivity contribution in [3.63, 3.8) is 0 Å². The van der Waals surface area contributed by atoms with Gasteiger partial charge in [-0.1, -0.05) is 60.1 Å². The smallest absolute Gasteiger partial charge is 0.237 e. The van der Waals surface area contributed by atoms with Crippen LogP contribution in [0, 0.1) is 0 Å². The largest absolute Gasteiger partial charge is 0.340 e. The third kappa shape index (κ3) is 6.52. The van der Waals surface area contributed by atoms with E-state index in [0.29, 0.717) is 17.9 Å². The van der Waals surface area contributed by atoms with Crippen molar-refractivity contribution in [3.05, 3.63) is 70.7 Å². The van der Waals surface area contributed by atoms with Gasteiger partial charge in [-0.25, -0.2) is 8.42 Å². The van der Waals surface area contributed by atoms with E-state index in [2.05, 4.69) is 0 Å². The summed E-state index contributed by atoms with van der Waals surface area (Å²) in [6.07, 6.45) is 1.19. The second-order valence-corrected chi connectivity index (χ2v) is 8.61. The lowest BCUT2D eigenvalue weighted by Gasteiger charge is -2.18. The monoisotopic (exact) mass is 379 g/mol. The molecule has 2 aromatic carbocycles. The lowest BCUT2D eigenvalue weighted by atomic mass is 10.1. The first-order chi connectivity index (χ1) is 11.9. The van der Waals surface area contributed by atoms with E-state index in [1.807, 2.05) is 48.5 Å². The maximum atomic E-state index is 12.2. The zero-order chi connectivity index (χ0) is 18.3. The van der Waals surface area contributed by atoms with Gasteiger partial charge in [0.1, 0.15) is 5.75 Å². The van der Waals surface area contributed by atoms with Crippen molar-refractivity contribution in [1.82, 2.24) is 4.90 Å². The molecule has 0 spiro atoms. The highest BCUT2D eigenvalue weighted by Gasteiger charge is 2.20. The molecular weight excluding hydrogens is 358 g/mol. The molecule has 2 rings (SSSR count). The van der Waals surface area contributed by atoms with Crippen LogP contribution in [-0.2, 0) is 27.6 Å². The number of benzene rings is 2. The molecule has 0 bridgehead atoms. The highest BCUT2D eigenvalue weighted by atomic mass is 35.5. The summed E-state index contributed by atoms with van der Waals surface area (Å²) in [4.78, 5) is 13.6. The molecule has 2 aromatic rings. The van der Waals surface area contributed by atoms with Crippen molar-refractivity contribution in [2.24, 2.45) is 0 Å². The zero-order valence-electron chi connectivity index (χ0n) is 14.2. The summed E-state index contributed by atoms with van der Waals surface area (Å²) >= 11 is 6.08. The molecule has 0 aliphatic rings. The molecule has 0 aliphatic carbocycles. The van der Waals surface area contributed by atoms with E-state index >= 15 is 0 Å². The number of sulfone groups is 1. The summed E-state index contributed by atoms with van der Waals surface area (Å²) in [6.45, 7) is 0.290. The molecule has 4 nitrogen and oxygen atoms in total. The summed E-state index contributed by atoms with van der Waals surface area (Å²) in [6, 6.07) is 16.9. The molecule has 0 fully saturated rings. The summed E-state index contributed by atoms with van der Waals surface area (Å²) in [5.41, 5.74) is 1.89. The predicted molar refractivity (Wildman–Crippen MR) is 101 cm³/mol. The first-order valence-electron chi connectivity index (χ1n) is 8.09. The van der Waals surface area contributed by atoms with Crippen molar-refractivity contribution in [3.8, 4) is 0 Å². The number of amides is 1. The molecule has 6 heteroatoms. The van der Waals surface area contributed by atoms with Gasteiger partial charge in [0.15, 0.2) is 9.84 Å². The van der Waals surface area contributed by atoms with E-state index in [-0.39, 0.29) is 12.3 Å². The van der Waals surface area contributed by atoms with Crippen LogP contribution in [0.4, 0.5) is 0 Å². The maximum absolute atomic E-state index is 12.2. The Kier molecular flexibility index (Phi) is 7.02. The van der Waals surface area contributed by atoms with Crippen LogP contribution in [0.2, 0.25) is 5.02 Å². The van der Waals surface area contributed by atoms with Crippen LogP contribution in [0.1, 0.15) is 17.5 Å². The summed E-state index contributed by atoms with van der Waals surface area (Å²) in [7, 11) is -1.83. The summed E-state index contributed by atoms with van der Waals surface area (Å²) in [5.74, 6) is -0.879. The fourth-order valence-electron chi connectivity index (χ4n) is 2.48. The minimum absolute atomic E-state index is 0.00751. The van der Waals surface area contributed by atoms with Gasteiger partial charge in [-0.2, -0.15) is 0 Å². The van der Waals surface area contributed by atoms with Gasteiger partial charge < -0.3 is 4.90 Å². The Morgan fingerprint density at radius 1 is 1.04 bits per heavy atom. The molecule has 0 saturated carbocycles. The fraction of sp³-hybridized carbons (Fsp3) is 0.316. The van der Waals surface area contributed by atoms with Crippen molar-refractivity contribution in [2.45, 2.75) is 19.4 Å². The van der Waals surface area contributed by atoms with Gasteiger partial charge in [-0.3, -0.25) is 4.79 Å². The maximum Gasteiger partial charge on any atom is 0.237 e. The minimum Gasteiger partial charge on any atom is -0.340 e. The SMILES string of the molecule is CN(Cc1ccccc1Cl)C(=O)CS(=O)(=O)CCCc1ccccc1. The third-order valence-electron chi connectivity index (χ3n) is 3.90. The molecule has 0 saturated heterocycles. The Bertz CT molecular complexity index is 806. The molecule has 0 aromatic heterocycles. The van der Waals surface area contributed by atoms with E-state index in [1.54, 1.807) is 13.1 Å². The number of rotatable bonds is 8. The van der Waals surface area contributed by atoms with Gasteiger partial charge in [-0.15, -0.1) is 0 Å². The van der Waals surface area contributed by atoms with Gasteiger partial charge in [0.2, 0.25) is 5.91 Å². The molecule has 1 amide bonds. The number of aryl methyl sites for hydroxylation is 1. The molecule has 0 heterocycles. The van der Waals surface area contributed by atoms with E-state index in [0.717, 1.165) is 11.1 Å². The molecule has 0 radical (unpaired) electrons. The second-order valence-electron chi connectivity index (χ2n) is 6.02. The normalized spacial score (nSPS) is 11.3.